The van der Waals surface area contributed by atoms with Crippen molar-refractivity contribution in [2.45, 2.75) is 18.9 Å². The highest BCUT2D eigenvalue weighted by molar-refractivity contribution is 7.13. The number of benzene rings is 1. The number of fused-ring (bicyclic) bond motifs is 4. The lowest BCUT2D eigenvalue weighted by atomic mass is 10.0. The first kappa shape index (κ1) is 14.0. The maximum atomic E-state index is 13.2. The molecule has 3 saturated heterocycles. The smallest absolute Gasteiger partial charge is 0.254 e. The van der Waals surface area contributed by atoms with Crippen LogP contribution in [0.2, 0.25) is 0 Å². The van der Waals surface area contributed by atoms with Gasteiger partial charge >= 0.3 is 0 Å². The number of nitrogens with zero attached hydrogens (tertiary/aromatic N) is 2. The van der Waals surface area contributed by atoms with Gasteiger partial charge < -0.3 is 9.80 Å². The van der Waals surface area contributed by atoms with Crippen LogP contribution in [0.25, 0.3) is 10.4 Å². The standard InChI is InChI=1S/C18H20N2OS/c21-18(20-12-11-19-9-7-14(20)8-10-19)16-5-2-1-4-15(16)17-6-3-13-22-17/h1-6,13-14H,7-12H2. The van der Waals surface area contributed by atoms with Gasteiger partial charge in [-0.15, -0.1) is 11.3 Å². The average Bonchev–Trinajstić information content (AvgIpc) is 2.95. The molecule has 4 heteroatoms. The Morgan fingerprint density at radius 1 is 1.00 bits per heavy atom. The van der Waals surface area contributed by atoms with Crippen molar-refractivity contribution in [2.24, 2.45) is 0 Å². The third kappa shape index (κ3) is 2.46. The first-order chi connectivity index (χ1) is 10.8. The van der Waals surface area contributed by atoms with E-state index in [0.717, 1.165) is 50.1 Å². The summed E-state index contributed by atoms with van der Waals surface area (Å²) in [5.74, 6) is 0.206. The van der Waals surface area contributed by atoms with Gasteiger partial charge in [0.25, 0.3) is 5.91 Å². The summed E-state index contributed by atoms with van der Waals surface area (Å²) >= 11 is 1.69. The van der Waals surface area contributed by atoms with Gasteiger partial charge in [-0.2, -0.15) is 0 Å². The monoisotopic (exact) mass is 312 g/mol. The Kier molecular flexibility index (Phi) is 3.72. The van der Waals surface area contributed by atoms with Gasteiger partial charge in [0.1, 0.15) is 0 Å². The summed E-state index contributed by atoms with van der Waals surface area (Å²) in [6.07, 6.45) is 2.24. The summed E-state index contributed by atoms with van der Waals surface area (Å²) in [6.45, 7) is 4.16. The van der Waals surface area contributed by atoms with Crippen molar-refractivity contribution in [1.29, 1.82) is 0 Å². The van der Waals surface area contributed by atoms with E-state index in [0.29, 0.717) is 6.04 Å². The molecule has 3 aliphatic heterocycles. The van der Waals surface area contributed by atoms with E-state index in [1.54, 1.807) is 11.3 Å². The molecule has 3 aliphatic rings. The third-order valence-electron chi connectivity index (χ3n) is 4.86. The summed E-state index contributed by atoms with van der Waals surface area (Å²) < 4.78 is 0. The highest BCUT2D eigenvalue weighted by atomic mass is 32.1. The van der Waals surface area contributed by atoms with Crippen LogP contribution in [0, 0.1) is 0 Å². The van der Waals surface area contributed by atoms with E-state index < -0.39 is 0 Å². The predicted octanol–water partition coefficient (Wildman–Crippen LogP) is 3.34. The molecular weight excluding hydrogens is 292 g/mol. The van der Waals surface area contributed by atoms with Crippen LogP contribution in [0.1, 0.15) is 23.2 Å². The predicted molar refractivity (Wildman–Crippen MR) is 90.3 cm³/mol. The van der Waals surface area contributed by atoms with E-state index in [-0.39, 0.29) is 5.91 Å². The second-order valence-corrected chi connectivity index (χ2v) is 7.04. The summed E-state index contributed by atoms with van der Waals surface area (Å²) in [4.78, 5) is 18.9. The van der Waals surface area contributed by atoms with Gasteiger partial charge in [0.05, 0.1) is 0 Å². The summed E-state index contributed by atoms with van der Waals surface area (Å²) in [7, 11) is 0. The maximum Gasteiger partial charge on any atom is 0.254 e. The molecule has 0 aliphatic carbocycles. The third-order valence-corrected chi connectivity index (χ3v) is 5.76. The van der Waals surface area contributed by atoms with Gasteiger partial charge in [0, 0.05) is 48.2 Å². The van der Waals surface area contributed by atoms with Crippen molar-refractivity contribution in [1.82, 2.24) is 9.80 Å². The van der Waals surface area contributed by atoms with Crippen molar-refractivity contribution in [3.8, 4) is 10.4 Å². The lowest BCUT2D eigenvalue weighted by molar-refractivity contribution is 0.0685. The zero-order valence-corrected chi connectivity index (χ0v) is 13.4. The molecule has 22 heavy (non-hydrogen) atoms. The van der Waals surface area contributed by atoms with Gasteiger partial charge in [0.15, 0.2) is 0 Å². The van der Waals surface area contributed by atoms with Gasteiger partial charge in [0.2, 0.25) is 0 Å². The van der Waals surface area contributed by atoms with Crippen molar-refractivity contribution < 1.29 is 4.79 Å². The molecule has 0 spiro atoms. The van der Waals surface area contributed by atoms with E-state index in [1.807, 2.05) is 24.3 Å². The molecule has 3 nitrogen and oxygen atoms in total. The molecule has 0 radical (unpaired) electrons. The first-order valence-corrected chi connectivity index (χ1v) is 8.87. The Hall–Kier alpha value is -1.65. The lowest BCUT2D eigenvalue weighted by Gasteiger charge is -2.31. The van der Waals surface area contributed by atoms with Crippen LogP contribution in [-0.2, 0) is 0 Å². The van der Waals surface area contributed by atoms with Crippen molar-refractivity contribution in [3.63, 3.8) is 0 Å². The van der Waals surface area contributed by atoms with E-state index in [9.17, 15) is 4.79 Å². The number of piperidine rings is 1. The zero-order chi connectivity index (χ0) is 14.9. The fourth-order valence-corrected chi connectivity index (χ4v) is 4.39. The van der Waals surface area contributed by atoms with Crippen LogP contribution < -0.4 is 0 Å². The topological polar surface area (TPSA) is 23.6 Å². The van der Waals surface area contributed by atoms with Crippen LogP contribution in [0.15, 0.2) is 41.8 Å². The van der Waals surface area contributed by atoms with Crippen LogP contribution in [0.5, 0.6) is 0 Å². The average molecular weight is 312 g/mol. The molecule has 4 heterocycles. The Balaban J connectivity index is 1.68. The zero-order valence-electron chi connectivity index (χ0n) is 12.6. The van der Waals surface area contributed by atoms with Gasteiger partial charge in [-0.25, -0.2) is 0 Å². The number of carbonyl (C=O) groups excluding carboxylic acids is 1. The number of rotatable bonds is 2. The van der Waals surface area contributed by atoms with Crippen molar-refractivity contribution >= 4 is 17.2 Å². The number of hydrogen-bond acceptors (Lipinski definition) is 3. The van der Waals surface area contributed by atoms with E-state index in [4.69, 9.17) is 0 Å². The van der Waals surface area contributed by atoms with E-state index in [1.165, 1.54) is 4.88 Å². The fraction of sp³-hybridized carbons (Fsp3) is 0.389. The molecule has 5 rings (SSSR count). The Morgan fingerprint density at radius 2 is 1.82 bits per heavy atom. The first-order valence-electron chi connectivity index (χ1n) is 7.99. The largest absolute Gasteiger partial charge is 0.334 e. The molecule has 114 valence electrons. The molecule has 3 fully saturated rings. The molecule has 0 N–H and O–H groups in total. The molecule has 2 bridgehead atoms. The second kappa shape index (κ2) is 5.86. The number of carbonyl (C=O) groups is 1. The Bertz CT molecular complexity index is 659. The van der Waals surface area contributed by atoms with Gasteiger partial charge in [-0.05, 0) is 30.4 Å². The molecule has 1 aromatic carbocycles. The summed E-state index contributed by atoms with van der Waals surface area (Å²) in [5, 5.41) is 2.07. The molecular formula is C18H20N2OS. The number of amides is 1. The van der Waals surface area contributed by atoms with Crippen molar-refractivity contribution in [3.05, 3.63) is 47.3 Å². The highest BCUT2D eigenvalue weighted by Crippen LogP contribution is 2.30. The Morgan fingerprint density at radius 3 is 2.59 bits per heavy atom. The molecule has 2 aromatic rings. The molecule has 1 amide bonds. The minimum absolute atomic E-state index is 0.206. The number of hydrogen-bond donors (Lipinski definition) is 0. The second-order valence-electron chi connectivity index (χ2n) is 6.09. The SMILES string of the molecule is O=C(c1ccccc1-c1cccs1)N1CCN2CCC1CC2. The summed E-state index contributed by atoms with van der Waals surface area (Å²) in [6, 6.07) is 12.6. The van der Waals surface area contributed by atoms with E-state index in [2.05, 4.69) is 27.3 Å². The fourth-order valence-electron chi connectivity index (χ4n) is 3.62. The minimum Gasteiger partial charge on any atom is -0.334 e. The Labute approximate surface area is 135 Å². The van der Waals surface area contributed by atoms with Crippen molar-refractivity contribution in [2.75, 3.05) is 26.2 Å². The van der Waals surface area contributed by atoms with Crippen LogP contribution in [0.3, 0.4) is 0 Å². The van der Waals surface area contributed by atoms with Gasteiger partial charge in [-0.1, -0.05) is 24.3 Å². The highest BCUT2D eigenvalue weighted by Gasteiger charge is 2.33. The normalized spacial score (nSPS) is 24.3. The van der Waals surface area contributed by atoms with Crippen LogP contribution >= 0.6 is 11.3 Å². The summed E-state index contributed by atoms with van der Waals surface area (Å²) in [5.41, 5.74) is 1.92. The van der Waals surface area contributed by atoms with Gasteiger partial charge in [-0.3, -0.25) is 4.79 Å². The molecule has 0 atom stereocenters. The quantitative estimate of drug-likeness (QED) is 0.849. The van der Waals surface area contributed by atoms with Crippen LogP contribution in [-0.4, -0.2) is 47.9 Å². The lowest BCUT2D eigenvalue weighted by Crippen LogP contribution is -2.41. The number of thiophene rings is 1. The molecule has 0 saturated carbocycles. The maximum absolute atomic E-state index is 13.2. The molecule has 1 aromatic heterocycles. The molecule has 0 unspecified atom stereocenters. The minimum atomic E-state index is 0.206. The van der Waals surface area contributed by atoms with E-state index >= 15 is 0 Å². The van der Waals surface area contributed by atoms with Crippen LogP contribution in [0.4, 0.5) is 0 Å².